The highest BCUT2D eigenvalue weighted by Gasteiger charge is 2.63. The van der Waals surface area contributed by atoms with Gasteiger partial charge >= 0.3 is 6.18 Å². The molecule has 1 fully saturated rings. The lowest BCUT2D eigenvalue weighted by atomic mass is 9.96. The quantitative estimate of drug-likeness (QED) is 0.482. The average Bonchev–Trinajstić information content (AvgIpc) is 2.75. The molecule has 0 aliphatic carbocycles. The normalized spacial score (nSPS) is 17.1. The van der Waals surface area contributed by atoms with Crippen LogP contribution in [0.5, 0.6) is 5.88 Å². The van der Waals surface area contributed by atoms with Gasteiger partial charge in [-0.25, -0.2) is 9.97 Å². The molecule has 1 saturated heterocycles. The van der Waals surface area contributed by atoms with E-state index in [1.54, 1.807) is 13.0 Å². The van der Waals surface area contributed by atoms with Crippen molar-refractivity contribution >= 4 is 17.4 Å². The molecule has 12 heteroatoms. The molecule has 34 heavy (non-hydrogen) atoms. The second-order valence-electron chi connectivity index (χ2n) is 8.15. The molecule has 0 spiro atoms. The fourth-order valence-corrected chi connectivity index (χ4v) is 4.21. The predicted molar refractivity (Wildman–Crippen MR) is 115 cm³/mol. The smallest absolute Gasteiger partial charge is 0.432 e. The van der Waals surface area contributed by atoms with Crippen molar-refractivity contribution in [1.29, 1.82) is 10.5 Å². The third-order valence-corrected chi connectivity index (χ3v) is 6.20. The Labute approximate surface area is 198 Å². The first kappa shape index (κ1) is 24.0. The van der Waals surface area contributed by atoms with Crippen molar-refractivity contribution in [3.8, 4) is 18.0 Å². The van der Waals surface area contributed by atoms with Gasteiger partial charge in [0.05, 0.1) is 24.8 Å². The van der Waals surface area contributed by atoms with E-state index < -0.39 is 25.0 Å². The zero-order valence-electron chi connectivity index (χ0n) is 18.2. The molecular formula is C22H20ClF3N6O2. The van der Waals surface area contributed by atoms with Gasteiger partial charge in [-0.05, 0) is 24.5 Å². The Kier molecular flexibility index (Phi) is 6.54. The summed E-state index contributed by atoms with van der Waals surface area (Å²) in [5.74, 6) is 0.391. The molecule has 1 N–H and O–H groups in total. The Hall–Kier alpha value is -3.12. The number of ether oxygens (including phenoxy) is 2. The molecule has 178 valence electrons. The van der Waals surface area contributed by atoms with Crippen molar-refractivity contribution < 1.29 is 22.6 Å². The highest BCUT2D eigenvalue weighted by atomic mass is 35.5. The summed E-state index contributed by atoms with van der Waals surface area (Å²) < 4.78 is 50.0. The molecule has 4 rings (SSSR count). The lowest BCUT2D eigenvalue weighted by Gasteiger charge is -2.41. The van der Waals surface area contributed by atoms with E-state index in [0.29, 0.717) is 43.1 Å². The van der Waals surface area contributed by atoms with Gasteiger partial charge in [0.15, 0.2) is 0 Å². The van der Waals surface area contributed by atoms with Crippen LogP contribution in [0.15, 0.2) is 12.1 Å². The first-order chi connectivity index (χ1) is 16.2. The van der Waals surface area contributed by atoms with Crippen LogP contribution in [0.3, 0.4) is 0 Å². The van der Waals surface area contributed by atoms with E-state index in [9.17, 15) is 18.4 Å². The van der Waals surface area contributed by atoms with Crippen molar-refractivity contribution in [3.63, 3.8) is 0 Å². The summed E-state index contributed by atoms with van der Waals surface area (Å²) in [6, 6.07) is 7.23. The number of fused-ring (bicyclic) bond motifs is 1. The van der Waals surface area contributed by atoms with E-state index in [2.05, 4.69) is 26.3 Å². The van der Waals surface area contributed by atoms with Crippen LogP contribution in [0, 0.1) is 29.6 Å². The number of rotatable bonds is 6. The SMILES string of the molecule is Cc1nc(OC2(C(F)(F)F)COC2)ccc1CN1CCc2c(NCC#N)nc(Cl)c(C#N)c2C1. The molecule has 0 atom stereocenters. The largest absolute Gasteiger partial charge is 0.456 e. The van der Waals surface area contributed by atoms with Gasteiger partial charge in [0.1, 0.15) is 23.6 Å². The Morgan fingerprint density at radius 1 is 1.26 bits per heavy atom. The number of halogens is 4. The van der Waals surface area contributed by atoms with E-state index in [0.717, 1.165) is 16.7 Å². The van der Waals surface area contributed by atoms with E-state index in [4.69, 9.17) is 26.3 Å². The van der Waals surface area contributed by atoms with Gasteiger partial charge in [-0.2, -0.15) is 23.7 Å². The van der Waals surface area contributed by atoms with Crippen molar-refractivity contribution in [2.75, 3.05) is 31.6 Å². The molecule has 2 aromatic heterocycles. The number of anilines is 1. The predicted octanol–water partition coefficient (Wildman–Crippen LogP) is 3.51. The molecule has 2 aliphatic rings. The number of aromatic nitrogens is 2. The van der Waals surface area contributed by atoms with Gasteiger partial charge in [0.25, 0.3) is 5.60 Å². The van der Waals surface area contributed by atoms with Gasteiger partial charge in [0, 0.05) is 37.0 Å². The maximum absolute atomic E-state index is 13.3. The van der Waals surface area contributed by atoms with Gasteiger partial charge in [-0.1, -0.05) is 17.7 Å². The molecule has 0 bridgehead atoms. The van der Waals surface area contributed by atoms with Gasteiger partial charge in [-0.3, -0.25) is 4.90 Å². The fourth-order valence-electron chi connectivity index (χ4n) is 3.97. The summed E-state index contributed by atoms with van der Waals surface area (Å²) in [7, 11) is 0. The number of pyridine rings is 2. The van der Waals surface area contributed by atoms with Crippen molar-refractivity contribution in [2.45, 2.75) is 38.2 Å². The van der Waals surface area contributed by atoms with Crippen LogP contribution in [0.25, 0.3) is 0 Å². The third kappa shape index (κ3) is 4.47. The number of hydrogen-bond donors (Lipinski definition) is 1. The Balaban J connectivity index is 1.52. The Morgan fingerprint density at radius 2 is 2.03 bits per heavy atom. The molecule has 2 aromatic rings. The summed E-state index contributed by atoms with van der Waals surface area (Å²) in [4.78, 5) is 10.6. The van der Waals surface area contributed by atoms with Crippen LogP contribution in [-0.4, -0.2) is 52.9 Å². The summed E-state index contributed by atoms with van der Waals surface area (Å²) in [5, 5.41) is 21.5. The maximum atomic E-state index is 13.3. The van der Waals surface area contributed by atoms with Crippen molar-refractivity contribution in [3.05, 3.63) is 45.2 Å². The second-order valence-corrected chi connectivity index (χ2v) is 8.51. The van der Waals surface area contributed by atoms with E-state index >= 15 is 0 Å². The monoisotopic (exact) mass is 492 g/mol. The van der Waals surface area contributed by atoms with Crippen LogP contribution < -0.4 is 10.1 Å². The van der Waals surface area contributed by atoms with E-state index in [-0.39, 0.29) is 17.6 Å². The maximum Gasteiger partial charge on any atom is 0.432 e. The summed E-state index contributed by atoms with van der Waals surface area (Å²) in [6.45, 7) is 2.20. The number of nitrogens with zero attached hydrogens (tertiary/aromatic N) is 5. The topological polar surface area (TPSA) is 107 Å². The molecule has 0 unspecified atom stereocenters. The van der Waals surface area contributed by atoms with Crippen molar-refractivity contribution in [1.82, 2.24) is 14.9 Å². The van der Waals surface area contributed by atoms with E-state index in [1.165, 1.54) is 6.07 Å². The zero-order chi connectivity index (χ0) is 24.5. The molecule has 0 saturated carbocycles. The molecule has 0 amide bonds. The summed E-state index contributed by atoms with van der Waals surface area (Å²) in [6.07, 6.45) is -3.97. The highest BCUT2D eigenvalue weighted by Crippen LogP contribution is 2.40. The minimum absolute atomic E-state index is 0.0619. The average molecular weight is 493 g/mol. The minimum atomic E-state index is -4.56. The molecule has 8 nitrogen and oxygen atoms in total. The lowest BCUT2D eigenvalue weighted by Crippen LogP contribution is -2.64. The highest BCUT2D eigenvalue weighted by molar-refractivity contribution is 6.30. The summed E-state index contributed by atoms with van der Waals surface area (Å²) >= 11 is 6.21. The number of nitrogens with one attached hydrogen (secondary N) is 1. The molecule has 0 aromatic carbocycles. The van der Waals surface area contributed by atoms with Crippen LogP contribution in [-0.2, 0) is 24.2 Å². The van der Waals surface area contributed by atoms with Crippen LogP contribution in [0.2, 0.25) is 5.15 Å². The zero-order valence-corrected chi connectivity index (χ0v) is 18.9. The van der Waals surface area contributed by atoms with Gasteiger partial charge in [0.2, 0.25) is 5.88 Å². The fraction of sp³-hybridized carbons (Fsp3) is 0.455. The van der Waals surface area contributed by atoms with Crippen LogP contribution in [0.4, 0.5) is 19.0 Å². The Morgan fingerprint density at radius 3 is 2.62 bits per heavy atom. The summed E-state index contributed by atoms with van der Waals surface area (Å²) in [5.41, 5.74) is 0.905. The second kappa shape index (κ2) is 9.26. The van der Waals surface area contributed by atoms with Crippen LogP contribution in [0.1, 0.15) is 27.9 Å². The Bertz CT molecular complexity index is 1190. The number of aryl methyl sites for hydroxylation is 1. The van der Waals surface area contributed by atoms with E-state index in [1.807, 2.05) is 6.07 Å². The van der Waals surface area contributed by atoms with Gasteiger partial charge in [-0.15, -0.1) is 0 Å². The third-order valence-electron chi connectivity index (χ3n) is 5.93. The number of alkyl halides is 3. The molecule has 0 radical (unpaired) electrons. The molecule has 4 heterocycles. The first-order valence-corrected chi connectivity index (χ1v) is 10.8. The minimum Gasteiger partial charge on any atom is -0.456 e. The molecular weight excluding hydrogens is 473 g/mol. The van der Waals surface area contributed by atoms with Crippen LogP contribution >= 0.6 is 11.6 Å². The lowest BCUT2D eigenvalue weighted by molar-refractivity contribution is -0.323. The number of hydrogen-bond acceptors (Lipinski definition) is 8. The van der Waals surface area contributed by atoms with Gasteiger partial charge < -0.3 is 14.8 Å². The first-order valence-electron chi connectivity index (χ1n) is 10.4. The number of nitriles is 2. The standard InChI is InChI=1S/C22H20ClF3N6O2/c1-13-14(2-3-18(30-13)34-21(11-33-12-21)22(24,25)26)9-32-7-4-15-17(10-32)16(8-28)19(23)31-20(15)29-6-5-27/h2-3H,4,6-7,9-12H2,1H3,(H,29,31). The van der Waals surface area contributed by atoms with Crippen molar-refractivity contribution in [2.24, 2.45) is 0 Å². The molecule has 2 aliphatic heterocycles.